The van der Waals surface area contributed by atoms with E-state index in [2.05, 4.69) is 15.0 Å². The van der Waals surface area contributed by atoms with Crippen LogP contribution >= 0.6 is 11.3 Å². The lowest BCUT2D eigenvalue weighted by Crippen LogP contribution is -2.23. The molecule has 0 unspecified atom stereocenters. The molecule has 0 spiro atoms. The Morgan fingerprint density at radius 2 is 1.83 bits per heavy atom. The van der Waals surface area contributed by atoms with Gasteiger partial charge in [0.15, 0.2) is 5.13 Å². The summed E-state index contributed by atoms with van der Waals surface area (Å²) in [6.07, 6.45) is 0.575. The highest BCUT2D eigenvalue weighted by Crippen LogP contribution is 2.22. The van der Waals surface area contributed by atoms with E-state index in [9.17, 15) is 17.6 Å². The summed E-state index contributed by atoms with van der Waals surface area (Å²) in [4.78, 5) is 16.3. The number of hydrogen-bond donors (Lipinski definition) is 2. The Kier molecular flexibility index (Phi) is 7.01. The standard InChI is InChI=1S/C20H20FN3O4S2/c1-28-17-7-9-18(10-8-17)30(26,27)24-20-23-16(13-29-20)6-11-19(25)22-12-14-2-4-15(21)5-3-14/h2-5,7-10,13H,6,11-12H2,1H3,(H,22,25)(H,23,24). The summed E-state index contributed by atoms with van der Waals surface area (Å²) in [7, 11) is -2.26. The summed E-state index contributed by atoms with van der Waals surface area (Å²) in [6.45, 7) is 0.309. The number of thiazole rings is 1. The minimum atomic E-state index is -3.76. The van der Waals surface area contributed by atoms with Gasteiger partial charge in [0, 0.05) is 18.3 Å². The lowest BCUT2D eigenvalue weighted by molar-refractivity contribution is -0.121. The highest BCUT2D eigenvalue weighted by atomic mass is 32.2. The highest BCUT2D eigenvalue weighted by molar-refractivity contribution is 7.93. The number of ether oxygens (including phenoxy) is 1. The first-order valence-corrected chi connectivity index (χ1v) is 11.3. The van der Waals surface area contributed by atoms with E-state index in [1.54, 1.807) is 29.6 Å². The number of carbonyl (C=O) groups excluding carboxylic acids is 1. The molecule has 7 nitrogen and oxygen atoms in total. The molecule has 0 saturated heterocycles. The molecule has 0 aliphatic carbocycles. The lowest BCUT2D eigenvalue weighted by Gasteiger charge is -2.06. The van der Waals surface area contributed by atoms with E-state index in [4.69, 9.17) is 4.74 Å². The molecule has 158 valence electrons. The zero-order valence-electron chi connectivity index (χ0n) is 16.1. The Morgan fingerprint density at radius 3 is 2.50 bits per heavy atom. The van der Waals surface area contributed by atoms with Gasteiger partial charge in [-0.05, 0) is 48.4 Å². The van der Waals surface area contributed by atoms with E-state index in [1.807, 2.05) is 0 Å². The maximum absolute atomic E-state index is 12.9. The summed E-state index contributed by atoms with van der Waals surface area (Å²) < 4.78 is 45.2. The van der Waals surface area contributed by atoms with E-state index in [0.717, 1.165) is 16.9 Å². The van der Waals surface area contributed by atoms with Crippen LogP contribution in [-0.4, -0.2) is 26.4 Å². The molecule has 3 aromatic rings. The van der Waals surface area contributed by atoms with Crippen LogP contribution in [0, 0.1) is 5.82 Å². The quantitative estimate of drug-likeness (QED) is 0.522. The number of nitrogens with one attached hydrogen (secondary N) is 2. The summed E-state index contributed by atoms with van der Waals surface area (Å²) in [5.74, 6) is 0.0582. The van der Waals surface area contributed by atoms with E-state index in [-0.39, 0.29) is 28.2 Å². The average Bonchev–Trinajstić information content (AvgIpc) is 3.18. The van der Waals surface area contributed by atoms with Crippen LogP contribution in [0.4, 0.5) is 9.52 Å². The molecular formula is C20H20FN3O4S2. The first kappa shape index (κ1) is 21.7. The molecule has 0 radical (unpaired) electrons. The van der Waals surface area contributed by atoms with Crippen LogP contribution < -0.4 is 14.8 Å². The molecule has 0 aliphatic heterocycles. The second-order valence-corrected chi connectivity index (χ2v) is 8.87. The van der Waals surface area contributed by atoms with Crippen molar-refractivity contribution >= 4 is 32.4 Å². The monoisotopic (exact) mass is 449 g/mol. The molecule has 1 amide bonds. The number of anilines is 1. The van der Waals surface area contributed by atoms with E-state index in [0.29, 0.717) is 24.4 Å². The fraction of sp³-hybridized carbons (Fsp3) is 0.200. The summed E-state index contributed by atoms with van der Waals surface area (Å²) in [5.41, 5.74) is 1.41. The number of halogens is 1. The van der Waals surface area contributed by atoms with Gasteiger partial charge in [-0.15, -0.1) is 11.3 Å². The highest BCUT2D eigenvalue weighted by Gasteiger charge is 2.16. The number of methoxy groups -OCH3 is 1. The minimum absolute atomic E-state index is 0.0974. The maximum atomic E-state index is 12.9. The van der Waals surface area contributed by atoms with Gasteiger partial charge in [-0.3, -0.25) is 9.52 Å². The minimum Gasteiger partial charge on any atom is -0.497 e. The molecule has 0 atom stereocenters. The van der Waals surface area contributed by atoms with Crippen LogP contribution in [0.25, 0.3) is 0 Å². The van der Waals surface area contributed by atoms with Crippen molar-refractivity contribution in [3.8, 4) is 5.75 Å². The second kappa shape index (κ2) is 9.68. The molecule has 2 N–H and O–H groups in total. The lowest BCUT2D eigenvalue weighted by atomic mass is 10.2. The summed E-state index contributed by atoms with van der Waals surface area (Å²) in [5, 5.41) is 4.69. The number of hydrogen-bond acceptors (Lipinski definition) is 6. The predicted molar refractivity (Wildman–Crippen MR) is 112 cm³/mol. The smallest absolute Gasteiger partial charge is 0.263 e. The first-order valence-electron chi connectivity index (χ1n) is 8.98. The van der Waals surface area contributed by atoms with Crippen molar-refractivity contribution in [2.75, 3.05) is 11.8 Å². The molecule has 3 rings (SSSR count). The summed E-state index contributed by atoms with van der Waals surface area (Å²) >= 11 is 1.15. The molecule has 1 aromatic heterocycles. The van der Waals surface area contributed by atoms with Gasteiger partial charge in [0.2, 0.25) is 5.91 Å². The molecular weight excluding hydrogens is 429 g/mol. The Labute approximate surface area is 178 Å². The number of aryl methyl sites for hydroxylation is 1. The molecule has 0 bridgehead atoms. The Balaban J connectivity index is 1.50. The van der Waals surface area contributed by atoms with Crippen LogP contribution in [-0.2, 0) is 27.8 Å². The zero-order valence-corrected chi connectivity index (χ0v) is 17.7. The number of sulfonamides is 1. The third kappa shape index (κ3) is 6.01. The van der Waals surface area contributed by atoms with Crippen LogP contribution in [0.2, 0.25) is 0 Å². The fourth-order valence-corrected chi connectivity index (χ4v) is 4.53. The molecule has 30 heavy (non-hydrogen) atoms. The van der Waals surface area contributed by atoms with Crippen molar-refractivity contribution in [1.29, 1.82) is 0 Å². The molecule has 2 aromatic carbocycles. The van der Waals surface area contributed by atoms with Crippen LogP contribution in [0.5, 0.6) is 5.75 Å². The van der Waals surface area contributed by atoms with Crippen molar-refractivity contribution in [3.63, 3.8) is 0 Å². The third-order valence-electron chi connectivity index (χ3n) is 4.15. The Hall–Kier alpha value is -2.98. The van der Waals surface area contributed by atoms with Crippen molar-refractivity contribution in [1.82, 2.24) is 10.3 Å². The van der Waals surface area contributed by atoms with Crippen molar-refractivity contribution < 1.29 is 22.3 Å². The van der Waals surface area contributed by atoms with Crippen LogP contribution in [0.3, 0.4) is 0 Å². The maximum Gasteiger partial charge on any atom is 0.263 e. The summed E-state index contributed by atoms with van der Waals surface area (Å²) in [6, 6.07) is 11.9. The van der Waals surface area contributed by atoms with Crippen LogP contribution in [0.15, 0.2) is 58.8 Å². The first-order chi connectivity index (χ1) is 14.4. The second-order valence-electron chi connectivity index (χ2n) is 6.33. The van der Waals surface area contributed by atoms with Gasteiger partial charge in [-0.2, -0.15) is 0 Å². The van der Waals surface area contributed by atoms with Crippen LogP contribution in [0.1, 0.15) is 17.7 Å². The Bertz CT molecular complexity index is 1100. The normalized spacial score (nSPS) is 11.1. The van der Waals surface area contributed by atoms with Gasteiger partial charge in [-0.1, -0.05) is 12.1 Å². The van der Waals surface area contributed by atoms with Gasteiger partial charge in [0.1, 0.15) is 11.6 Å². The van der Waals surface area contributed by atoms with Gasteiger partial charge in [0.25, 0.3) is 10.0 Å². The van der Waals surface area contributed by atoms with E-state index < -0.39 is 10.0 Å². The van der Waals surface area contributed by atoms with Gasteiger partial charge >= 0.3 is 0 Å². The number of amides is 1. The van der Waals surface area contributed by atoms with E-state index >= 15 is 0 Å². The number of benzene rings is 2. The number of aromatic nitrogens is 1. The fourth-order valence-electron chi connectivity index (χ4n) is 2.53. The van der Waals surface area contributed by atoms with Crippen molar-refractivity contribution in [3.05, 3.63) is 71.0 Å². The van der Waals surface area contributed by atoms with Crippen molar-refractivity contribution in [2.45, 2.75) is 24.3 Å². The largest absolute Gasteiger partial charge is 0.497 e. The molecule has 10 heteroatoms. The van der Waals surface area contributed by atoms with E-state index in [1.165, 1.54) is 31.4 Å². The van der Waals surface area contributed by atoms with Gasteiger partial charge in [0.05, 0.1) is 17.7 Å². The average molecular weight is 450 g/mol. The third-order valence-corrected chi connectivity index (χ3v) is 6.44. The molecule has 0 saturated carbocycles. The number of carbonyl (C=O) groups is 1. The molecule has 0 fully saturated rings. The predicted octanol–water partition coefficient (Wildman–Crippen LogP) is 3.34. The number of nitrogens with zero attached hydrogens (tertiary/aromatic N) is 1. The van der Waals surface area contributed by atoms with Gasteiger partial charge in [-0.25, -0.2) is 17.8 Å². The Morgan fingerprint density at radius 1 is 1.13 bits per heavy atom. The molecule has 0 aliphatic rings. The zero-order chi connectivity index (χ0) is 21.6. The van der Waals surface area contributed by atoms with Gasteiger partial charge < -0.3 is 10.1 Å². The topological polar surface area (TPSA) is 97.4 Å². The molecule has 1 heterocycles. The van der Waals surface area contributed by atoms with Crippen molar-refractivity contribution in [2.24, 2.45) is 0 Å². The number of rotatable bonds is 9. The SMILES string of the molecule is COc1ccc(S(=O)(=O)Nc2nc(CCC(=O)NCc3ccc(F)cc3)cs2)cc1.